The predicted octanol–water partition coefficient (Wildman–Crippen LogP) is 3.35. The lowest BCUT2D eigenvalue weighted by molar-refractivity contribution is 0.0805. The number of phenolic OH excluding ortho intramolecular Hbond substituents is 1. The van der Waals surface area contributed by atoms with Crippen molar-refractivity contribution < 1.29 is 9.84 Å². The van der Waals surface area contributed by atoms with Crippen LogP contribution in [0, 0.1) is 0 Å². The number of fused-ring (bicyclic) bond motifs is 1. The molecule has 1 fully saturated rings. The SMILES string of the molecule is CCCN(C1CCCC1)[C@H]1COc2cccc(O)c2C1. The molecule has 0 spiro atoms. The third-order valence-corrected chi connectivity index (χ3v) is 4.72. The van der Waals surface area contributed by atoms with E-state index in [2.05, 4.69) is 11.8 Å². The van der Waals surface area contributed by atoms with E-state index in [4.69, 9.17) is 4.74 Å². The molecule has 1 atom stereocenters. The Labute approximate surface area is 121 Å². The van der Waals surface area contributed by atoms with Crippen molar-refractivity contribution in [3.63, 3.8) is 0 Å². The van der Waals surface area contributed by atoms with E-state index in [1.165, 1.54) is 32.1 Å². The van der Waals surface area contributed by atoms with Gasteiger partial charge in [-0.15, -0.1) is 0 Å². The number of aromatic hydroxyl groups is 1. The zero-order valence-electron chi connectivity index (χ0n) is 12.3. The molecule has 1 aromatic rings. The van der Waals surface area contributed by atoms with Gasteiger partial charge in [0, 0.05) is 17.6 Å². The quantitative estimate of drug-likeness (QED) is 0.914. The zero-order valence-corrected chi connectivity index (χ0v) is 12.3. The van der Waals surface area contributed by atoms with E-state index in [-0.39, 0.29) is 0 Å². The first-order valence-electron chi connectivity index (χ1n) is 7.99. The van der Waals surface area contributed by atoms with Crippen molar-refractivity contribution in [1.29, 1.82) is 0 Å². The lowest BCUT2D eigenvalue weighted by Crippen LogP contribution is -2.48. The summed E-state index contributed by atoms with van der Waals surface area (Å²) < 4.78 is 5.90. The maximum absolute atomic E-state index is 10.1. The minimum absolute atomic E-state index is 0.384. The summed E-state index contributed by atoms with van der Waals surface area (Å²) in [5, 5.41) is 10.1. The summed E-state index contributed by atoms with van der Waals surface area (Å²) in [6.45, 7) is 4.14. The summed E-state index contributed by atoms with van der Waals surface area (Å²) in [6.07, 6.45) is 7.47. The van der Waals surface area contributed by atoms with Crippen LogP contribution in [0.1, 0.15) is 44.6 Å². The van der Waals surface area contributed by atoms with Gasteiger partial charge >= 0.3 is 0 Å². The average Bonchev–Trinajstić information content (AvgIpc) is 2.99. The number of nitrogens with zero attached hydrogens (tertiary/aromatic N) is 1. The molecule has 2 aliphatic rings. The van der Waals surface area contributed by atoms with Crippen molar-refractivity contribution in [3.8, 4) is 11.5 Å². The first-order valence-corrected chi connectivity index (χ1v) is 7.99. The molecule has 3 rings (SSSR count). The third kappa shape index (κ3) is 2.64. The van der Waals surface area contributed by atoms with E-state index in [9.17, 15) is 5.11 Å². The molecule has 1 aliphatic heterocycles. The van der Waals surface area contributed by atoms with Crippen LogP contribution in [0.3, 0.4) is 0 Å². The Balaban J connectivity index is 1.78. The number of rotatable bonds is 4. The molecule has 1 N–H and O–H groups in total. The number of hydrogen-bond donors (Lipinski definition) is 1. The normalized spacial score (nSPS) is 22.8. The van der Waals surface area contributed by atoms with Gasteiger partial charge in [-0.3, -0.25) is 4.90 Å². The van der Waals surface area contributed by atoms with E-state index in [1.807, 2.05) is 12.1 Å². The molecule has 0 aromatic heterocycles. The van der Waals surface area contributed by atoms with Crippen molar-refractivity contribution in [2.24, 2.45) is 0 Å². The fourth-order valence-electron chi connectivity index (χ4n) is 3.75. The Morgan fingerprint density at radius 3 is 2.80 bits per heavy atom. The third-order valence-electron chi connectivity index (χ3n) is 4.72. The smallest absolute Gasteiger partial charge is 0.126 e. The van der Waals surface area contributed by atoms with Crippen LogP contribution in [0.2, 0.25) is 0 Å². The first kappa shape index (κ1) is 13.7. The monoisotopic (exact) mass is 275 g/mol. The van der Waals surface area contributed by atoms with Gasteiger partial charge in [-0.1, -0.05) is 25.8 Å². The number of ether oxygens (including phenoxy) is 1. The zero-order chi connectivity index (χ0) is 13.9. The minimum atomic E-state index is 0.384. The summed E-state index contributed by atoms with van der Waals surface area (Å²) in [5.74, 6) is 1.25. The highest BCUT2D eigenvalue weighted by Crippen LogP contribution is 2.35. The second-order valence-electron chi connectivity index (χ2n) is 6.10. The molecule has 3 heteroatoms. The van der Waals surface area contributed by atoms with Gasteiger partial charge in [0.25, 0.3) is 0 Å². The van der Waals surface area contributed by atoms with Gasteiger partial charge in [-0.05, 0) is 44.4 Å². The van der Waals surface area contributed by atoms with Crippen LogP contribution in [0.4, 0.5) is 0 Å². The Hall–Kier alpha value is -1.22. The van der Waals surface area contributed by atoms with Crippen molar-refractivity contribution in [1.82, 2.24) is 4.90 Å². The summed E-state index contributed by atoms with van der Waals surface area (Å²) in [4.78, 5) is 2.64. The molecule has 0 saturated heterocycles. The maximum Gasteiger partial charge on any atom is 0.126 e. The first-order chi connectivity index (χ1) is 9.79. The summed E-state index contributed by atoms with van der Waals surface area (Å²) in [6, 6.07) is 6.72. The largest absolute Gasteiger partial charge is 0.508 e. The van der Waals surface area contributed by atoms with E-state index in [1.54, 1.807) is 6.07 Å². The molecule has 3 nitrogen and oxygen atoms in total. The van der Waals surface area contributed by atoms with Crippen LogP contribution >= 0.6 is 0 Å². The Kier molecular flexibility index (Phi) is 4.16. The molecule has 0 radical (unpaired) electrons. The number of benzene rings is 1. The van der Waals surface area contributed by atoms with E-state index in [0.717, 1.165) is 36.9 Å². The van der Waals surface area contributed by atoms with Gasteiger partial charge in [0.1, 0.15) is 18.1 Å². The molecule has 110 valence electrons. The molecule has 0 unspecified atom stereocenters. The van der Waals surface area contributed by atoms with E-state index < -0.39 is 0 Å². The predicted molar refractivity (Wildman–Crippen MR) is 80.3 cm³/mol. The van der Waals surface area contributed by atoms with Crippen molar-refractivity contribution in [2.75, 3.05) is 13.2 Å². The van der Waals surface area contributed by atoms with E-state index in [0.29, 0.717) is 11.8 Å². The molecular weight excluding hydrogens is 250 g/mol. The van der Waals surface area contributed by atoms with Crippen LogP contribution in [0.5, 0.6) is 11.5 Å². The maximum atomic E-state index is 10.1. The van der Waals surface area contributed by atoms with Gasteiger partial charge in [0.15, 0.2) is 0 Å². The summed E-state index contributed by atoms with van der Waals surface area (Å²) in [5.41, 5.74) is 0.989. The second-order valence-corrected chi connectivity index (χ2v) is 6.10. The highest BCUT2D eigenvalue weighted by atomic mass is 16.5. The minimum Gasteiger partial charge on any atom is -0.508 e. The molecule has 1 heterocycles. The van der Waals surface area contributed by atoms with Gasteiger partial charge < -0.3 is 9.84 Å². The second kappa shape index (κ2) is 6.04. The molecule has 1 aromatic carbocycles. The van der Waals surface area contributed by atoms with Gasteiger partial charge in [0.2, 0.25) is 0 Å². The van der Waals surface area contributed by atoms with Crippen molar-refractivity contribution >= 4 is 0 Å². The molecule has 0 amide bonds. The van der Waals surface area contributed by atoms with E-state index >= 15 is 0 Å². The molecule has 1 aliphatic carbocycles. The van der Waals surface area contributed by atoms with Gasteiger partial charge in [0.05, 0.1) is 0 Å². The molecule has 20 heavy (non-hydrogen) atoms. The Bertz CT molecular complexity index is 454. The molecule has 1 saturated carbocycles. The fraction of sp³-hybridized carbons (Fsp3) is 0.647. The van der Waals surface area contributed by atoms with Gasteiger partial charge in [-0.25, -0.2) is 0 Å². The van der Waals surface area contributed by atoms with Crippen LogP contribution in [0.25, 0.3) is 0 Å². The lowest BCUT2D eigenvalue weighted by Gasteiger charge is -2.39. The fourth-order valence-corrected chi connectivity index (χ4v) is 3.75. The Morgan fingerprint density at radius 1 is 1.25 bits per heavy atom. The topological polar surface area (TPSA) is 32.7 Å². The van der Waals surface area contributed by atoms with Crippen LogP contribution in [0.15, 0.2) is 18.2 Å². The van der Waals surface area contributed by atoms with Crippen LogP contribution < -0.4 is 4.74 Å². The highest BCUT2D eigenvalue weighted by Gasteiger charge is 2.32. The Morgan fingerprint density at radius 2 is 2.05 bits per heavy atom. The summed E-state index contributed by atoms with van der Waals surface area (Å²) >= 11 is 0. The summed E-state index contributed by atoms with van der Waals surface area (Å²) in [7, 11) is 0. The molecule has 0 bridgehead atoms. The van der Waals surface area contributed by atoms with Crippen molar-refractivity contribution in [2.45, 2.75) is 57.5 Å². The van der Waals surface area contributed by atoms with Crippen LogP contribution in [-0.2, 0) is 6.42 Å². The number of hydrogen-bond acceptors (Lipinski definition) is 3. The number of phenols is 1. The standard InChI is InChI=1S/C17H25NO2/c1-2-10-18(13-6-3-4-7-13)14-11-15-16(19)8-5-9-17(15)20-12-14/h5,8-9,13-14,19H,2-4,6-7,10-12H2,1H3/t14-/m1/s1. The lowest BCUT2D eigenvalue weighted by atomic mass is 9.98. The van der Waals surface area contributed by atoms with Crippen molar-refractivity contribution in [3.05, 3.63) is 23.8 Å². The van der Waals surface area contributed by atoms with Gasteiger partial charge in [-0.2, -0.15) is 0 Å². The highest BCUT2D eigenvalue weighted by molar-refractivity contribution is 5.45. The van der Waals surface area contributed by atoms with Crippen LogP contribution in [-0.4, -0.2) is 35.2 Å². The molecular formula is C17H25NO2. The average molecular weight is 275 g/mol.